The van der Waals surface area contributed by atoms with Gasteiger partial charge in [-0.2, -0.15) is 0 Å². The zero-order chi connectivity index (χ0) is 23.7. The van der Waals surface area contributed by atoms with Crippen molar-refractivity contribution >= 4 is 12.1 Å². The maximum absolute atomic E-state index is 11.6. The van der Waals surface area contributed by atoms with Gasteiger partial charge in [0, 0.05) is 14.1 Å². The molecule has 0 spiro atoms. The molecular formula is C28H36N4O2. The molecule has 180 valence electrons. The SMILES string of the molecule is CN1C(=O)N[C@@H]2CCC(c3ccccc3)C[C@H]21.CN1C(=O)N[C@H]2CCC(c3ccccc3)C[C@@H]21. The maximum Gasteiger partial charge on any atom is 0.317 e. The van der Waals surface area contributed by atoms with Crippen LogP contribution < -0.4 is 10.6 Å². The largest absolute Gasteiger partial charge is 0.333 e. The third-order valence-electron chi connectivity index (χ3n) is 8.43. The lowest BCUT2D eigenvalue weighted by Gasteiger charge is -2.33. The van der Waals surface area contributed by atoms with Gasteiger partial charge >= 0.3 is 12.1 Å². The normalized spacial score (nSPS) is 32.2. The van der Waals surface area contributed by atoms with E-state index in [2.05, 4.69) is 71.3 Å². The Balaban J connectivity index is 0.000000142. The third kappa shape index (κ3) is 4.50. The molecule has 2 N–H and O–H groups in total. The van der Waals surface area contributed by atoms with Gasteiger partial charge in [-0.05, 0) is 61.5 Å². The number of carbonyl (C=O) groups excluding carboxylic acids is 2. The summed E-state index contributed by atoms with van der Waals surface area (Å²) in [6.45, 7) is 0. The van der Waals surface area contributed by atoms with Crippen LogP contribution in [-0.4, -0.2) is 60.1 Å². The molecule has 4 fully saturated rings. The Morgan fingerprint density at radius 3 is 1.38 bits per heavy atom. The first-order chi connectivity index (χ1) is 16.5. The van der Waals surface area contributed by atoms with Crippen LogP contribution in [0.2, 0.25) is 0 Å². The number of fused-ring (bicyclic) bond motifs is 2. The van der Waals surface area contributed by atoms with Crippen molar-refractivity contribution in [3.63, 3.8) is 0 Å². The van der Waals surface area contributed by atoms with E-state index in [9.17, 15) is 9.59 Å². The van der Waals surface area contributed by atoms with Crippen LogP contribution in [0.25, 0.3) is 0 Å². The van der Waals surface area contributed by atoms with Crippen LogP contribution in [0.5, 0.6) is 0 Å². The van der Waals surface area contributed by atoms with E-state index in [1.54, 1.807) is 0 Å². The summed E-state index contributed by atoms with van der Waals surface area (Å²) in [5.74, 6) is 1.21. The number of likely N-dealkylation sites (N-methyl/N-ethyl adjacent to an activating group) is 2. The van der Waals surface area contributed by atoms with Crippen molar-refractivity contribution < 1.29 is 9.59 Å². The Labute approximate surface area is 202 Å². The van der Waals surface area contributed by atoms with Gasteiger partial charge < -0.3 is 20.4 Å². The molecule has 2 saturated carbocycles. The number of nitrogens with zero attached hydrogens (tertiary/aromatic N) is 2. The third-order valence-corrected chi connectivity index (χ3v) is 8.43. The first kappa shape index (κ1) is 22.8. The predicted molar refractivity (Wildman–Crippen MR) is 134 cm³/mol. The van der Waals surface area contributed by atoms with Gasteiger partial charge in [0.15, 0.2) is 0 Å². The molecular weight excluding hydrogens is 424 g/mol. The van der Waals surface area contributed by atoms with Crippen LogP contribution in [0, 0.1) is 0 Å². The van der Waals surface area contributed by atoms with Crippen LogP contribution >= 0.6 is 0 Å². The molecule has 2 aliphatic heterocycles. The molecule has 2 aromatic rings. The van der Waals surface area contributed by atoms with E-state index in [4.69, 9.17) is 0 Å². The fraction of sp³-hybridized carbons (Fsp3) is 0.500. The van der Waals surface area contributed by atoms with Crippen LogP contribution in [0.1, 0.15) is 61.5 Å². The van der Waals surface area contributed by atoms with Crippen molar-refractivity contribution in [2.24, 2.45) is 0 Å². The molecule has 0 aromatic heterocycles. The highest BCUT2D eigenvalue weighted by molar-refractivity contribution is 5.78. The Morgan fingerprint density at radius 1 is 0.618 bits per heavy atom. The summed E-state index contributed by atoms with van der Waals surface area (Å²) in [6.07, 6.45) is 6.73. The van der Waals surface area contributed by atoms with Crippen molar-refractivity contribution in [2.75, 3.05) is 14.1 Å². The van der Waals surface area contributed by atoms with Crippen molar-refractivity contribution in [2.45, 2.75) is 74.5 Å². The Morgan fingerprint density at radius 2 is 1.00 bits per heavy atom. The lowest BCUT2D eigenvalue weighted by molar-refractivity contribution is 0.203. The highest BCUT2D eigenvalue weighted by Crippen LogP contribution is 2.38. The molecule has 2 aromatic carbocycles. The fourth-order valence-electron chi connectivity index (χ4n) is 6.36. The predicted octanol–water partition coefficient (Wildman–Crippen LogP) is 4.69. The molecule has 2 saturated heterocycles. The molecule has 4 amide bonds. The second-order valence-corrected chi connectivity index (χ2v) is 10.3. The lowest BCUT2D eigenvalue weighted by atomic mass is 9.79. The van der Waals surface area contributed by atoms with E-state index in [1.807, 2.05) is 23.9 Å². The molecule has 6 rings (SSSR count). The highest BCUT2D eigenvalue weighted by Gasteiger charge is 2.42. The topological polar surface area (TPSA) is 64.7 Å². The second-order valence-electron chi connectivity index (χ2n) is 10.3. The molecule has 34 heavy (non-hydrogen) atoms. The minimum Gasteiger partial charge on any atom is -0.333 e. The minimum atomic E-state index is 0.0914. The van der Waals surface area contributed by atoms with E-state index in [1.165, 1.54) is 24.0 Å². The van der Waals surface area contributed by atoms with Gasteiger partial charge in [-0.15, -0.1) is 0 Å². The second kappa shape index (κ2) is 9.69. The van der Waals surface area contributed by atoms with Crippen LogP contribution in [-0.2, 0) is 0 Å². The number of rotatable bonds is 2. The van der Waals surface area contributed by atoms with Gasteiger partial charge in [0.1, 0.15) is 0 Å². The summed E-state index contributed by atoms with van der Waals surface area (Å²) in [5.41, 5.74) is 2.83. The molecule has 0 bridgehead atoms. The first-order valence-electron chi connectivity index (χ1n) is 12.7. The number of nitrogens with one attached hydrogen (secondary N) is 2. The van der Waals surface area contributed by atoms with Gasteiger partial charge in [0.25, 0.3) is 0 Å². The van der Waals surface area contributed by atoms with Crippen molar-refractivity contribution in [3.05, 3.63) is 71.8 Å². The summed E-state index contributed by atoms with van der Waals surface area (Å²) >= 11 is 0. The molecule has 2 aliphatic carbocycles. The molecule has 2 heterocycles. The van der Waals surface area contributed by atoms with E-state index >= 15 is 0 Å². The Hall–Kier alpha value is -3.02. The van der Waals surface area contributed by atoms with E-state index in [0.29, 0.717) is 36.0 Å². The number of urea groups is 2. The van der Waals surface area contributed by atoms with E-state index in [-0.39, 0.29) is 12.1 Å². The molecule has 4 aliphatic rings. The first-order valence-corrected chi connectivity index (χ1v) is 12.7. The average molecular weight is 461 g/mol. The van der Waals surface area contributed by atoms with Gasteiger partial charge in [-0.25, -0.2) is 9.59 Å². The smallest absolute Gasteiger partial charge is 0.317 e. The molecule has 2 unspecified atom stereocenters. The van der Waals surface area contributed by atoms with Crippen LogP contribution in [0.4, 0.5) is 9.59 Å². The quantitative estimate of drug-likeness (QED) is 0.683. The fourth-order valence-corrected chi connectivity index (χ4v) is 6.36. The summed E-state index contributed by atoms with van der Waals surface area (Å²) < 4.78 is 0. The summed E-state index contributed by atoms with van der Waals surface area (Å²) in [5, 5.41) is 6.13. The van der Waals surface area contributed by atoms with Crippen LogP contribution in [0.15, 0.2) is 60.7 Å². The average Bonchev–Trinajstić information content (AvgIpc) is 3.34. The summed E-state index contributed by atoms with van der Waals surface area (Å²) in [7, 11) is 3.82. The van der Waals surface area contributed by atoms with E-state index in [0.717, 1.165) is 25.7 Å². The highest BCUT2D eigenvalue weighted by atomic mass is 16.2. The standard InChI is InChI=1S/2C14H18N2O/c2*1-16-13-9-11(10-5-3-2-4-6-10)7-8-12(13)15-14(16)17/h2*2-6,11-13H,7-9H2,1H3,(H,15,17)/t2*11?,12-,13-/m10/s1. The molecule has 0 radical (unpaired) electrons. The minimum absolute atomic E-state index is 0.0914. The number of benzene rings is 2. The lowest BCUT2D eigenvalue weighted by Crippen LogP contribution is -2.39. The molecule has 6 nitrogen and oxygen atoms in total. The zero-order valence-electron chi connectivity index (χ0n) is 20.2. The molecule has 6 heteroatoms. The monoisotopic (exact) mass is 460 g/mol. The maximum atomic E-state index is 11.6. The number of carbonyl (C=O) groups is 2. The van der Waals surface area contributed by atoms with Crippen molar-refractivity contribution in [1.82, 2.24) is 20.4 Å². The van der Waals surface area contributed by atoms with Crippen molar-refractivity contribution in [3.8, 4) is 0 Å². The van der Waals surface area contributed by atoms with Gasteiger partial charge in [0.2, 0.25) is 0 Å². The zero-order valence-corrected chi connectivity index (χ0v) is 20.2. The summed E-state index contributed by atoms with van der Waals surface area (Å²) in [6, 6.07) is 23.0. The Bertz CT molecular complexity index is 916. The Kier molecular flexibility index (Phi) is 6.48. The van der Waals surface area contributed by atoms with E-state index < -0.39 is 0 Å². The van der Waals surface area contributed by atoms with Gasteiger partial charge in [-0.1, -0.05) is 60.7 Å². The van der Waals surface area contributed by atoms with Crippen molar-refractivity contribution in [1.29, 1.82) is 0 Å². The molecule has 6 atom stereocenters. The van der Waals surface area contributed by atoms with Crippen LogP contribution in [0.3, 0.4) is 0 Å². The van der Waals surface area contributed by atoms with Gasteiger partial charge in [0.05, 0.1) is 24.2 Å². The summed E-state index contributed by atoms with van der Waals surface area (Å²) in [4.78, 5) is 26.9. The number of hydrogen-bond donors (Lipinski definition) is 2. The van der Waals surface area contributed by atoms with Gasteiger partial charge in [-0.3, -0.25) is 0 Å². The number of hydrogen-bond acceptors (Lipinski definition) is 2. The number of amides is 4.